The predicted molar refractivity (Wildman–Crippen MR) is 138 cm³/mol. The first-order chi connectivity index (χ1) is 17.3. The van der Waals surface area contributed by atoms with Crippen molar-refractivity contribution in [2.75, 3.05) is 39.0 Å². The van der Waals surface area contributed by atoms with Gasteiger partial charge in [0.25, 0.3) is 0 Å². The smallest absolute Gasteiger partial charge is 0.303 e. The highest BCUT2D eigenvalue weighted by Gasteiger charge is 2.24. The van der Waals surface area contributed by atoms with Crippen molar-refractivity contribution in [3.05, 3.63) is 41.9 Å². The van der Waals surface area contributed by atoms with Gasteiger partial charge in [-0.1, -0.05) is 6.07 Å². The fourth-order valence-electron chi connectivity index (χ4n) is 4.74. The van der Waals surface area contributed by atoms with Crippen molar-refractivity contribution in [1.29, 1.82) is 0 Å². The molecule has 5 rings (SSSR count). The molecule has 1 aliphatic rings. The highest BCUT2D eigenvalue weighted by atomic mass is 32.1. The lowest BCUT2D eigenvalue weighted by molar-refractivity contribution is -0.141. The van der Waals surface area contributed by atoms with E-state index in [1.54, 1.807) is 23.3 Å². The number of aromatic nitrogens is 3. The van der Waals surface area contributed by atoms with Crippen molar-refractivity contribution in [1.82, 2.24) is 24.4 Å². The molecule has 1 saturated heterocycles. The van der Waals surface area contributed by atoms with E-state index >= 15 is 0 Å². The first-order valence-corrected chi connectivity index (χ1v) is 12.6. The molecule has 0 bridgehead atoms. The van der Waals surface area contributed by atoms with E-state index in [0.29, 0.717) is 38.5 Å². The van der Waals surface area contributed by atoms with Gasteiger partial charge >= 0.3 is 5.97 Å². The number of benzene rings is 1. The molecule has 0 aliphatic carbocycles. The molecule has 1 amide bonds. The van der Waals surface area contributed by atoms with Crippen LogP contribution in [-0.4, -0.2) is 74.7 Å². The Hall–Kier alpha value is -3.70. The minimum absolute atomic E-state index is 0.0394. The van der Waals surface area contributed by atoms with Crippen LogP contribution in [0.15, 0.2) is 30.6 Å². The van der Waals surface area contributed by atoms with Crippen molar-refractivity contribution in [2.45, 2.75) is 26.3 Å². The van der Waals surface area contributed by atoms with Gasteiger partial charge in [0.05, 0.1) is 23.9 Å². The number of ether oxygens (including phenoxy) is 1. The van der Waals surface area contributed by atoms with Crippen molar-refractivity contribution in [2.24, 2.45) is 0 Å². The van der Waals surface area contributed by atoms with E-state index in [2.05, 4.69) is 40.1 Å². The molecule has 3 N–H and O–H groups in total. The zero-order chi connectivity index (χ0) is 25.4. The summed E-state index contributed by atoms with van der Waals surface area (Å²) in [6.45, 7) is 5.23. The Morgan fingerprint density at radius 3 is 2.64 bits per heavy atom. The number of aryl methyl sites for hydroxylation is 1. The molecule has 188 valence electrons. The summed E-state index contributed by atoms with van der Waals surface area (Å²) in [5, 5.41) is 14.4. The molecule has 1 aromatic carbocycles. The van der Waals surface area contributed by atoms with Gasteiger partial charge in [-0.15, -0.1) is 11.3 Å². The van der Waals surface area contributed by atoms with Crippen LogP contribution in [0, 0.1) is 6.92 Å². The van der Waals surface area contributed by atoms with Gasteiger partial charge in [-0.2, -0.15) is 5.10 Å². The fourth-order valence-corrected chi connectivity index (χ4v) is 5.89. The summed E-state index contributed by atoms with van der Waals surface area (Å²) in [5.74, 6) is 0.209. The Bertz CT molecular complexity index is 1450. The SMILES string of the molecule is COc1cc(C)cc2cc(-c3cc(CN4CCN(C(=O)CCC(=O)O)CC4)n4ncnc(N)c34)sc12. The van der Waals surface area contributed by atoms with Gasteiger partial charge in [-0.05, 0) is 36.1 Å². The molecule has 0 unspecified atom stereocenters. The van der Waals surface area contributed by atoms with Crippen molar-refractivity contribution >= 4 is 44.6 Å². The Labute approximate surface area is 211 Å². The number of rotatable bonds is 7. The van der Waals surface area contributed by atoms with E-state index < -0.39 is 5.97 Å². The summed E-state index contributed by atoms with van der Waals surface area (Å²) in [5.41, 5.74) is 10.2. The van der Waals surface area contributed by atoms with Gasteiger partial charge < -0.3 is 20.5 Å². The number of nitrogens with zero attached hydrogens (tertiary/aromatic N) is 5. The van der Waals surface area contributed by atoms with Crippen LogP contribution in [0.2, 0.25) is 0 Å². The molecule has 1 aliphatic heterocycles. The number of amides is 1. The van der Waals surface area contributed by atoms with Crippen LogP contribution in [0.1, 0.15) is 24.1 Å². The topological polar surface area (TPSA) is 126 Å². The molecule has 0 saturated carbocycles. The van der Waals surface area contributed by atoms with Gasteiger partial charge in [0, 0.05) is 49.6 Å². The van der Waals surface area contributed by atoms with Crippen LogP contribution < -0.4 is 10.5 Å². The number of methoxy groups -OCH3 is 1. The van der Waals surface area contributed by atoms with Crippen LogP contribution in [0.25, 0.3) is 26.0 Å². The highest BCUT2D eigenvalue weighted by Crippen LogP contribution is 2.42. The van der Waals surface area contributed by atoms with Gasteiger partial charge in [0.2, 0.25) is 5.91 Å². The van der Waals surface area contributed by atoms with Crippen molar-refractivity contribution < 1.29 is 19.4 Å². The van der Waals surface area contributed by atoms with E-state index in [0.717, 1.165) is 43.1 Å². The first kappa shape index (κ1) is 24.0. The van der Waals surface area contributed by atoms with Crippen LogP contribution in [0.4, 0.5) is 5.82 Å². The summed E-state index contributed by atoms with van der Waals surface area (Å²) >= 11 is 1.65. The molecule has 1 fully saturated rings. The molecule has 10 nitrogen and oxygen atoms in total. The quantitative estimate of drug-likeness (QED) is 0.390. The van der Waals surface area contributed by atoms with E-state index in [1.807, 2.05) is 10.6 Å². The van der Waals surface area contributed by atoms with Gasteiger partial charge in [-0.3, -0.25) is 14.5 Å². The third-order valence-electron chi connectivity index (χ3n) is 6.53. The second kappa shape index (κ2) is 9.75. The molecule has 4 heterocycles. The average Bonchev–Trinajstić information content (AvgIpc) is 3.45. The number of aliphatic carboxylic acids is 1. The molecule has 4 aromatic rings. The number of carboxylic acids is 1. The monoisotopic (exact) mass is 508 g/mol. The number of thiophene rings is 1. The molecule has 3 aromatic heterocycles. The Kier molecular flexibility index (Phi) is 6.50. The number of hydrogen-bond donors (Lipinski definition) is 2. The Balaban J connectivity index is 1.41. The summed E-state index contributed by atoms with van der Waals surface area (Å²) in [6, 6.07) is 8.46. The van der Waals surface area contributed by atoms with E-state index in [-0.39, 0.29) is 18.7 Å². The van der Waals surface area contributed by atoms with Crippen LogP contribution in [0.3, 0.4) is 0 Å². The van der Waals surface area contributed by atoms with Gasteiger partial charge in [0.15, 0.2) is 5.82 Å². The third-order valence-corrected chi connectivity index (χ3v) is 7.73. The predicted octanol–water partition coefficient (Wildman–Crippen LogP) is 3.02. The first-order valence-electron chi connectivity index (χ1n) is 11.8. The zero-order valence-corrected chi connectivity index (χ0v) is 21.0. The number of fused-ring (bicyclic) bond motifs is 2. The number of nitrogens with two attached hydrogens (primary N) is 1. The molecule has 0 atom stereocenters. The van der Waals surface area contributed by atoms with Crippen molar-refractivity contribution in [3.8, 4) is 16.2 Å². The number of carbonyl (C=O) groups is 2. The summed E-state index contributed by atoms with van der Waals surface area (Å²) in [7, 11) is 1.69. The minimum atomic E-state index is -0.952. The van der Waals surface area contributed by atoms with Crippen LogP contribution >= 0.6 is 11.3 Å². The number of carboxylic acid groups (broad SMARTS) is 1. The maximum Gasteiger partial charge on any atom is 0.303 e. The van der Waals surface area contributed by atoms with E-state index in [1.165, 1.54) is 6.33 Å². The highest BCUT2D eigenvalue weighted by molar-refractivity contribution is 7.22. The maximum atomic E-state index is 12.3. The summed E-state index contributed by atoms with van der Waals surface area (Å²) in [6.07, 6.45) is 1.37. The normalized spacial score (nSPS) is 14.6. The second-order valence-corrected chi connectivity index (χ2v) is 10.1. The largest absolute Gasteiger partial charge is 0.495 e. The summed E-state index contributed by atoms with van der Waals surface area (Å²) in [4.78, 5) is 32.4. The molecule has 36 heavy (non-hydrogen) atoms. The number of anilines is 1. The third kappa shape index (κ3) is 4.59. The van der Waals surface area contributed by atoms with E-state index in [4.69, 9.17) is 15.6 Å². The molecular weight excluding hydrogens is 480 g/mol. The summed E-state index contributed by atoms with van der Waals surface area (Å²) < 4.78 is 8.56. The Morgan fingerprint density at radius 1 is 1.14 bits per heavy atom. The lowest BCUT2D eigenvalue weighted by Crippen LogP contribution is -2.48. The van der Waals surface area contributed by atoms with Gasteiger partial charge in [0.1, 0.15) is 17.6 Å². The van der Waals surface area contributed by atoms with Gasteiger partial charge in [-0.25, -0.2) is 9.50 Å². The number of nitrogen functional groups attached to an aromatic ring is 1. The second-order valence-electron chi connectivity index (χ2n) is 9.00. The minimum Gasteiger partial charge on any atom is -0.495 e. The fraction of sp³-hybridized carbons (Fsp3) is 0.360. The standard InChI is InChI=1S/C25H28N6O4S/c1-15-9-16-11-20(36-24(16)19(10-15)35-2)18-12-17(31-23(18)25(26)27-14-28-31)13-29-5-7-30(8-6-29)21(32)3-4-22(33)34/h9-12,14H,3-8,13H2,1-2H3,(H,33,34)(H2,26,27,28). The lowest BCUT2D eigenvalue weighted by atomic mass is 10.1. The number of carbonyl (C=O) groups excluding carboxylic acids is 1. The molecule has 11 heteroatoms. The zero-order valence-electron chi connectivity index (χ0n) is 20.2. The lowest BCUT2D eigenvalue weighted by Gasteiger charge is -2.34. The van der Waals surface area contributed by atoms with Crippen LogP contribution in [-0.2, 0) is 16.1 Å². The maximum absolute atomic E-state index is 12.3. The van der Waals surface area contributed by atoms with Crippen LogP contribution in [0.5, 0.6) is 5.75 Å². The number of piperazine rings is 1. The Morgan fingerprint density at radius 2 is 1.92 bits per heavy atom. The number of hydrogen-bond acceptors (Lipinski definition) is 8. The van der Waals surface area contributed by atoms with Crippen molar-refractivity contribution in [3.63, 3.8) is 0 Å². The average molecular weight is 509 g/mol. The molecular formula is C25H28N6O4S. The van der Waals surface area contributed by atoms with E-state index in [9.17, 15) is 9.59 Å². The molecule has 0 spiro atoms. The molecule has 0 radical (unpaired) electrons.